The highest BCUT2D eigenvalue weighted by Gasteiger charge is 2.19. The van der Waals surface area contributed by atoms with E-state index in [2.05, 4.69) is 9.97 Å². The molecule has 0 aliphatic rings. The molecule has 0 bridgehead atoms. The lowest BCUT2D eigenvalue weighted by Crippen LogP contribution is -2.11. The Morgan fingerprint density at radius 2 is 1.80 bits per heavy atom. The first-order chi connectivity index (χ1) is 4.61. The van der Waals surface area contributed by atoms with Crippen LogP contribution in [0.3, 0.4) is 0 Å². The van der Waals surface area contributed by atoms with Crippen LogP contribution in [0.5, 0.6) is 0 Å². The summed E-state index contributed by atoms with van der Waals surface area (Å²) in [6.45, 7) is 0. The van der Waals surface area contributed by atoms with Crippen molar-refractivity contribution in [3.8, 4) is 0 Å². The van der Waals surface area contributed by atoms with E-state index >= 15 is 0 Å². The zero-order chi connectivity index (χ0) is 7.61. The van der Waals surface area contributed by atoms with E-state index in [4.69, 9.17) is 9.79 Å². The maximum atomic E-state index is 10.4. The summed E-state index contributed by atoms with van der Waals surface area (Å²) in [5, 5.41) is 0. The Hall–Kier alpha value is -0.770. The molecule has 0 spiro atoms. The zero-order valence-electron chi connectivity index (χ0n) is 4.88. The van der Waals surface area contributed by atoms with Crippen LogP contribution in [0.15, 0.2) is 18.5 Å². The standard InChI is InChI=1S/C4H5N2O3P/c7-10(8,9)4-5-2-1-3-6-4/h1-3H,(H2,7,8,9). The summed E-state index contributed by atoms with van der Waals surface area (Å²) in [4.78, 5) is 23.7. The maximum Gasteiger partial charge on any atom is 0.393 e. The maximum absolute atomic E-state index is 10.4. The van der Waals surface area contributed by atoms with Crippen LogP contribution >= 0.6 is 7.60 Å². The quantitative estimate of drug-likeness (QED) is 0.529. The van der Waals surface area contributed by atoms with E-state index in [0.717, 1.165) is 0 Å². The highest BCUT2D eigenvalue weighted by atomic mass is 31.2. The van der Waals surface area contributed by atoms with Gasteiger partial charge in [0.1, 0.15) is 0 Å². The Labute approximate surface area is 56.9 Å². The molecule has 1 rings (SSSR count). The molecule has 0 saturated carbocycles. The van der Waals surface area contributed by atoms with Gasteiger partial charge in [0.25, 0.3) is 0 Å². The molecule has 0 radical (unpaired) electrons. The van der Waals surface area contributed by atoms with Crippen LogP contribution in [0.2, 0.25) is 0 Å². The van der Waals surface area contributed by atoms with Crippen molar-refractivity contribution in [1.82, 2.24) is 9.97 Å². The molecule has 0 aliphatic carbocycles. The van der Waals surface area contributed by atoms with Gasteiger partial charge in [-0.25, -0.2) is 9.97 Å². The third-order valence-electron chi connectivity index (χ3n) is 0.813. The highest BCUT2D eigenvalue weighted by molar-refractivity contribution is 7.59. The number of nitrogens with zero attached hydrogens (tertiary/aromatic N) is 2. The first-order valence-corrected chi connectivity index (χ1v) is 4.05. The van der Waals surface area contributed by atoms with Crippen LogP contribution in [0.25, 0.3) is 0 Å². The monoisotopic (exact) mass is 160 g/mol. The molecule has 0 aromatic carbocycles. The van der Waals surface area contributed by atoms with Crippen molar-refractivity contribution < 1.29 is 14.4 Å². The molecule has 0 unspecified atom stereocenters. The second-order valence-corrected chi connectivity index (χ2v) is 3.08. The molecule has 5 nitrogen and oxygen atoms in total. The van der Waals surface area contributed by atoms with Crippen molar-refractivity contribution in [1.29, 1.82) is 0 Å². The fourth-order valence-corrected chi connectivity index (χ4v) is 0.876. The SMILES string of the molecule is O=P(O)(O)c1ncccn1. The second-order valence-electron chi connectivity index (χ2n) is 1.59. The lowest BCUT2D eigenvalue weighted by atomic mass is 10.7. The van der Waals surface area contributed by atoms with Gasteiger partial charge >= 0.3 is 7.60 Å². The molecule has 0 fully saturated rings. The number of hydrogen-bond acceptors (Lipinski definition) is 3. The van der Waals surface area contributed by atoms with Crippen molar-refractivity contribution in [2.75, 3.05) is 0 Å². The zero-order valence-corrected chi connectivity index (χ0v) is 5.77. The number of aromatic nitrogens is 2. The van der Waals surface area contributed by atoms with E-state index in [9.17, 15) is 4.57 Å². The first kappa shape index (κ1) is 7.34. The largest absolute Gasteiger partial charge is 0.393 e. The van der Waals surface area contributed by atoms with Gasteiger partial charge in [0.2, 0.25) is 5.57 Å². The minimum absolute atomic E-state index is 0.435. The van der Waals surface area contributed by atoms with Crippen molar-refractivity contribution in [3.05, 3.63) is 18.5 Å². The Morgan fingerprint density at radius 3 is 2.10 bits per heavy atom. The van der Waals surface area contributed by atoms with Gasteiger partial charge in [-0.1, -0.05) is 0 Å². The average molecular weight is 160 g/mol. The fraction of sp³-hybridized carbons (Fsp3) is 0. The third-order valence-corrected chi connectivity index (χ3v) is 1.56. The van der Waals surface area contributed by atoms with Gasteiger partial charge in [-0.05, 0) is 6.07 Å². The lowest BCUT2D eigenvalue weighted by molar-refractivity contribution is 0.385. The summed E-state index contributed by atoms with van der Waals surface area (Å²) < 4.78 is 10.4. The molecule has 2 N–H and O–H groups in total. The van der Waals surface area contributed by atoms with E-state index < -0.39 is 13.2 Å². The minimum atomic E-state index is -4.24. The molecule has 10 heavy (non-hydrogen) atoms. The summed E-state index contributed by atoms with van der Waals surface area (Å²) >= 11 is 0. The summed E-state index contributed by atoms with van der Waals surface area (Å²) in [7, 11) is -4.24. The average Bonchev–Trinajstić information content (AvgIpc) is 1.88. The molecular weight excluding hydrogens is 155 g/mol. The van der Waals surface area contributed by atoms with Crippen LogP contribution < -0.4 is 5.57 Å². The van der Waals surface area contributed by atoms with E-state index in [1.165, 1.54) is 18.5 Å². The van der Waals surface area contributed by atoms with E-state index in [1.54, 1.807) is 0 Å². The van der Waals surface area contributed by atoms with Gasteiger partial charge in [0, 0.05) is 12.4 Å². The molecule has 0 aliphatic heterocycles. The van der Waals surface area contributed by atoms with Crippen molar-refractivity contribution in [3.63, 3.8) is 0 Å². The molecule has 1 aromatic heterocycles. The molecule has 1 aromatic rings. The van der Waals surface area contributed by atoms with Gasteiger partial charge in [-0.3, -0.25) is 4.57 Å². The van der Waals surface area contributed by atoms with Gasteiger partial charge in [0.15, 0.2) is 0 Å². The van der Waals surface area contributed by atoms with E-state index in [-0.39, 0.29) is 0 Å². The van der Waals surface area contributed by atoms with Crippen LogP contribution in [-0.2, 0) is 4.57 Å². The van der Waals surface area contributed by atoms with Gasteiger partial charge in [-0.2, -0.15) is 0 Å². The lowest BCUT2D eigenvalue weighted by Gasteiger charge is -1.97. The van der Waals surface area contributed by atoms with Crippen LogP contribution in [-0.4, -0.2) is 19.8 Å². The predicted molar refractivity (Wildman–Crippen MR) is 33.7 cm³/mol. The Kier molecular flexibility index (Phi) is 1.80. The van der Waals surface area contributed by atoms with Crippen LogP contribution in [0.1, 0.15) is 0 Å². The summed E-state index contributed by atoms with van der Waals surface area (Å²) in [5.74, 6) is 0. The van der Waals surface area contributed by atoms with E-state index in [1.807, 2.05) is 0 Å². The van der Waals surface area contributed by atoms with E-state index in [0.29, 0.717) is 0 Å². The summed E-state index contributed by atoms with van der Waals surface area (Å²) in [6, 6.07) is 1.49. The summed E-state index contributed by atoms with van der Waals surface area (Å²) in [5.41, 5.74) is -0.435. The van der Waals surface area contributed by atoms with Gasteiger partial charge in [0.05, 0.1) is 0 Å². The molecule has 0 amide bonds. The number of rotatable bonds is 1. The van der Waals surface area contributed by atoms with Crippen LogP contribution in [0.4, 0.5) is 0 Å². The molecular formula is C4H5N2O3P. The smallest absolute Gasteiger partial charge is 0.319 e. The van der Waals surface area contributed by atoms with Crippen molar-refractivity contribution in [2.45, 2.75) is 0 Å². The molecule has 1 heterocycles. The Bertz CT molecular complexity index is 256. The Balaban J connectivity index is 3.09. The van der Waals surface area contributed by atoms with Gasteiger partial charge < -0.3 is 9.79 Å². The molecule has 0 atom stereocenters. The van der Waals surface area contributed by atoms with Crippen molar-refractivity contribution in [2.24, 2.45) is 0 Å². The van der Waals surface area contributed by atoms with Crippen LogP contribution in [0, 0.1) is 0 Å². The van der Waals surface area contributed by atoms with Gasteiger partial charge in [-0.15, -0.1) is 0 Å². The molecule has 54 valence electrons. The Morgan fingerprint density at radius 1 is 1.30 bits per heavy atom. The summed E-state index contributed by atoms with van der Waals surface area (Å²) in [6.07, 6.45) is 2.56. The van der Waals surface area contributed by atoms with Crippen molar-refractivity contribution >= 4 is 13.2 Å². The molecule has 0 saturated heterocycles. The number of hydrogen-bond donors (Lipinski definition) is 2. The fourth-order valence-electron chi connectivity index (χ4n) is 0.442. The second kappa shape index (κ2) is 2.46. The molecule has 6 heteroatoms. The predicted octanol–water partition coefficient (Wildman–Crippen LogP) is -0.720. The minimum Gasteiger partial charge on any atom is -0.319 e. The first-order valence-electron chi connectivity index (χ1n) is 2.44. The topological polar surface area (TPSA) is 83.3 Å². The highest BCUT2D eigenvalue weighted by Crippen LogP contribution is 2.30. The third kappa shape index (κ3) is 1.60. The normalized spacial score (nSPS) is 11.4.